The molecule has 0 aliphatic carbocycles. The Morgan fingerprint density at radius 1 is 1.41 bits per heavy atom. The highest BCUT2D eigenvalue weighted by Gasteiger charge is 2.42. The summed E-state index contributed by atoms with van der Waals surface area (Å²) in [5.74, 6) is 0.274. The van der Waals surface area contributed by atoms with Crippen LogP contribution in [0.5, 0.6) is 0 Å². The molecule has 0 aromatic heterocycles. The van der Waals surface area contributed by atoms with Gasteiger partial charge in [-0.25, -0.2) is 0 Å². The third-order valence-corrected chi connectivity index (χ3v) is 4.36. The van der Waals surface area contributed by atoms with Gasteiger partial charge in [0.05, 0.1) is 5.41 Å². The molecular formula is C13H24N2O2. The summed E-state index contributed by atoms with van der Waals surface area (Å²) < 4.78 is 5.36. The van der Waals surface area contributed by atoms with Crippen LogP contribution in [0.25, 0.3) is 0 Å². The first-order valence-corrected chi connectivity index (χ1v) is 6.78. The van der Waals surface area contributed by atoms with Crippen LogP contribution >= 0.6 is 0 Å². The van der Waals surface area contributed by atoms with Crippen LogP contribution in [-0.4, -0.2) is 43.2 Å². The Labute approximate surface area is 103 Å². The van der Waals surface area contributed by atoms with Crippen molar-refractivity contribution in [3.05, 3.63) is 0 Å². The maximum absolute atomic E-state index is 12.7. The lowest BCUT2D eigenvalue weighted by Gasteiger charge is -2.42. The molecule has 4 heteroatoms. The van der Waals surface area contributed by atoms with Crippen molar-refractivity contribution in [2.24, 2.45) is 11.1 Å². The van der Waals surface area contributed by atoms with Gasteiger partial charge in [-0.15, -0.1) is 0 Å². The van der Waals surface area contributed by atoms with Crippen LogP contribution in [0.2, 0.25) is 0 Å². The predicted molar refractivity (Wildman–Crippen MR) is 66.6 cm³/mol. The zero-order valence-electron chi connectivity index (χ0n) is 10.8. The Morgan fingerprint density at radius 2 is 2.12 bits per heavy atom. The molecule has 0 bridgehead atoms. The van der Waals surface area contributed by atoms with Gasteiger partial charge in [0.25, 0.3) is 0 Å². The molecule has 1 unspecified atom stereocenters. The zero-order chi connectivity index (χ0) is 12.3. The molecule has 0 saturated carbocycles. The number of piperidine rings is 1. The highest BCUT2D eigenvalue weighted by Crippen LogP contribution is 2.33. The summed E-state index contributed by atoms with van der Waals surface area (Å²) in [5, 5.41) is 0. The van der Waals surface area contributed by atoms with Crippen molar-refractivity contribution in [3.8, 4) is 0 Å². The van der Waals surface area contributed by atoms with E-state index in [4.69, 9.17) is 10.5 Å². The van der Waals surface area contributed by atoms with Crippen LogP contribution in [0.3, 0.4) is 0 Å². The quantitative estimate of drug-likeness (QED) is 0.787. The minimum absolute atomic E-state index is 0.274. The smallest absolute Gasteiger partial charge is 0.230 e. The van der Waals surface area contributed by atoms with Gasteiger partial charge in [-0.1, -0.05) is 0 Å². The van der Waals surface area contributed by atoms with Gasteiger partial charge in [0.15, 0.2) is 0 Å². The fraction of sp³-hybridized carbons (Fsp3) is 0.923. The van der Waals surface area contributed by atoms with E-state index in [0.29, 0.717) is 25.8 Å². The predicted octanol–water partition coefficient (Wildman–Crippen LogP) is 1.14. The highest BCUT2D eigenvalue weighted by molar-refractivity contribution is 5.83. The number of hydrogen-bond acceptors (Lipinski definition) is 3. The molecule has 0 aromatic carbocycles. The van der Waals surface area contributed by atoms with E-state index in [1.54, 1.807) is 0 Å². The lowest BCUT2D eigenvalue weighted by atomic mass is 9.78. The van der Waals surface area contributed by atoms with Gasteiger partial charge >= 0.3 is 0 Å². The number of carbonyl (C=O) groups excluding carboxylic acids is 1. The minimum atomic E-state index is -0.343. The summed E-state index contributed by atoms with van der Waals surface area (Å²) in [6.45, 7) is 4.86. The number of nitrogens with two attached hydrogens (primary N) is 1. The van der Waals surface area contributed by atoms with Crippen molar-refractivity contribution < 1.29 is 9.53 Å². The average molecular weight is 240 g/mol. The van der Waals surface area contributed by atoms with Crippen molar-refractivity contribution in [2.45, 2.75) is 45.1 Å². The zero-order valence-corrected chi connectivity index (χ0v) is 10.8. The molecule has 4 nitrogen and oxygen atoms in total. The van der Waals surface area contributed by atoms with E-state index in [2.05, 4.69) is 11.8 Å². The van der Waals surface area contributed by atoms with Crippen molar-refractivity contribution in [1.29, 1.82) is 0 Å². The number of rotatable bonds is 2. The molecule has 98 valence electrons. The molecule has 0 spiro atoms. The molecule has 2 aliphatic rings. The Kier molecular flexibility index (Phi) is 4.05. The van der Waals surface area contributed by atoms with Crippen LogP contribution in [0.4, 0.5) is 0 Å². The molecule has 2 rings (SSSR count). The maximum atomic E-state index is 12.7. The number of ether oxygens (including phenoxy) is 1. The Morgan fingerprint density at radius 3 is 2.71 bits per heavy atom. The average Bonchev–Trinajstić information content (AvgIpc) is 2.39. The first kappa shape index (κ1) is 12.8. The van der Waals surface area contributed by atoms with Crippen molar-refractivity contribution >= 4 is 5.91 Å². The summed E-state index contributed by atoms with van der Waals surface area (Å²) >= 11 is 0. The summed E-state index contributed by atoms with van der Waals surface area (Å²) in [6.07, 6.45) is 5.07. The second kappa shape index (κ2) is 5.36. The Hall–Kier alpha value is -0.610. The van der Waals surface area contributed by atoms with E-state index in [1.807, 2.05) is 0 Å². The van der Waals surface area contributed by atoms with E-state index >= 15 is 0 Å². The molecule has 1 atom stereocenters. The number of carbonyl (C=O) groups is 1. The second-order valence-corrected chi connectivity index (χ2v) is 5.44. The molecule has 1 amide bonds. The summed E-state index contributed by atoms with van der Waals surface area (Å²) in [5.41, 5.74) is 5.54. The normalized spacial score (nSPS) is 29.1. The first-order chi connectivity index (χ1) is 8.19. The van der Waals surface area contributed by atoms with Crippen molar-refractivity contribution in [1.82, 2.24) is 4.90 Å². The van der Waals surface area contributed by atoms with E-state index in [9.17, 15) is 4.79 Å². The Balaban J connectivity index is 2.10. The highest BCUT2D eigenvalue weighted by atomic mass is 16.5. The number of nitrogens with zero attached hydrogens (tertiary/aromatic N) is 1. The van der Waals surface area contributed by atoms with Crippen LogP contribution < -0.4 is 5.73 Å². The molecular weight excluding hydrogens is 216 g/mol. The van der Waals surface area contributed by atoms with Crippen molar-refractivity contribution in [3.63, 3.8) is 0 Å². The third kappa shape index (κ3) is 2.47. The van der Waals surface area contributed by atoms with Gasteiger partial charge in [0.1, 0.15) is 0 Å². The topological polar surface area (TPSA) is 55.6 Å². The van der Waals surface area contributed by atoms with E-state index in [1.165, 1.54) is 6.42 Å². The lowest BCUT2D eigenvalue weighted by Crippen LogP contribution is -2.54. The van der Waals surface area contributed by atoms with Gasteiger partial charge in [-0.05, 0) is 39.0 Å². The molecule has 0 radical (unpaired) electrons. The van der Waals surface area contributed by atoms with Gasteiger partial charge < -0.3 is 15.4 Å². The van der Waals surface area contributed by atoms with E-state index in [-0.39, 0.29) is 11.3 Å². The molecule has 2 aliphatic heterocycles. The van der Waals surface area contributed by atoms with Gasteiger partial charge in [0, 0.05) is 32.3 Å². The van der Waals surface area contributed by atoms with E-state index < -0.39 is 0 Å². The first-order valence-electron chi connectivity index (χ1n) is 6.78. The fourth-order valence-corrected chi connectivity index (χ4v) is 2.97. The largest absolute Gasteiger partial charge is 0.381 e. The summed E-state index contributed by atoms with van der Waals surface area (Å²) in [6, 6.07) is 0.377. The van der Waals surface area contributed by atoms with E-state index in [0.717, 1.165) is 32.2 Å². The standard InChI is InChI=1S/C13H24N2O2/c1-11-4-2-3-7-15(11)12(16)13(10-14)5-8-17-9-6-13/h11H,2-10,14H2,1H3. The third-order valence-electron chi connectivity index (χ3n) is 4.36. The minimum Gasteiger partial charge on any atom is -0.381 e. The monoisotopic (exact) mass is 240 g/mol. The maximum Gasteiger partial charge on any atom is 0.230 e. The number of amides is 1. The molecule has 2 N–H and O–H groups in total. The van der Waals surface area contributed by atoms with Crippen LogP contribution in [-0.2, 0) is 9.53 Å². The SMILES string of the molecule is CC1CCCCN1C(=O)C1(CN)CCOCC1. The van der Waals surface area contributed by atoms with Crippen LogP contribution in [0, 0.1) is 5.41 Å². The second-order valence-electron chi connectivity index (χ2n) is 5.44. The van der Waals surface area contributed by atoms with Gasteiger partial charge in [-0.2, -0.15) is 0 Å². The fourth-order valence-electron chi connectivity index (χ4n) is 2.97. The lowest BCUT2D eigenvalue weighted by molar-refractivity contribution is -0.150. The molecule has 2 saturated heterocycles. The van der Waals surface area contributed by atoms with Crippen molar-refractivity contribution in [2.75, 3.05) is 26.3 Å². The molecule has 0 aromatic rings. The van der Waals surface area contributed by atoms with Crippen LogP contribution in [0.1, 0.15) is 39.0 Å². The number of hydrogen-bond donors (Lipinski definition) is 1. The molecule has 17 heavy (non-hydrogen) atoms. The van der Waals surface area contributed by atoms with Gasteiger partial charge in [-0.3, -0.25) is 4.79 Å². The summed E-state index contributed by atoms with van der Waals surface area (Å²) in [7, 11) is 0. The molecule has 2 heterocycles. The summed E-state index contributed by atoms with van der Waals surface area (Å²) in [4.78, 5) is 14.8. The number of likely N-dealkylation sites (tertiary alicyclic amines) is 1. The molecule has 2 fully saturated rings. The Bertz CT molecular complexity index is 275. The van der Waals surface area contributed by atoms with Gasteiger partial charge in [0.2, 0.25) is 5.91 Å². The van der Waals surface area contributed by atoms with Crippen LogP contribution in [0.15, 0.2) is 0 Å².